The number of amides is 3. The van der Waals surface area contributed by atoms with E-state index in [0.717, 1.165) is 31.6 Å². The van der Waals surface area contributed by atoms with Gasteiger partial charge in [-0.1, -0.05) is 36.2 Å². The highest BCUT2D eigenvalue weighted by molar-refractivity contribution is 8.00. The van der Waals surface area contributed by atoms with Crippen molar-refractivity contribution in [2.24, 2.45) is 5.92 Å². The standard InChI is InChI=1S/C26H38N4O2S/c1-16-7-9-17(10-8-16)19-13-18-11-12-22(30(18)2)20(19)14-27-24(31)6-4-3-5-23-25-21(15-33-23)28-26(32)29-25/h7-10,18-23,25H,3-6,11-15H2,1-2H3,(H,27,31)(H2,28,29,32)/t18-,19-,20?,21?,22?,23?,25?/m1/s1. The Hall–Kier alpha value is -1.73. The molecular formula is C26H38N4O2S. The van der Waals surface area contributed by atoms with E-state index in [1.165, 1.54) is 30.4 Å². The highest BCUT2D eigenvalue weighted by Gasteiger charge is 2.46. The summed E-state index contributed by atoms with van der Waals surface area (Å²) in [7, 11) is 2.27. The Morgan fingerprint density at radius 2 is 2.00 bits per heavy atom. The van der Waals surface area contributed by atoms with E-state index in [1.54, 1.807) is 0 Å². The monoisotopic (exact) mass is 470 g/mol. The van der Waals surface area contributed by atoms with E-state index in [1.807, 2.05) is 11.8 Å². The third kappa shape index (κ3) is 4.90. The lowest BCUT2D eigenvalue weighted by molar-refractivity contribution is -0.121. The van der Waals surface area contributed by atoms with Crippen LogP contribution in [0.1, 0.15) is 62.0 Å². The molecule has 7 heteroatoms. The van der Waals surface area contributed by atoms with Crippen LogP contribution in [-0.2, 0) is 4.79 Å². The number of hydrogen-bond acceptors (Lipinski definition) is 4. The van der Waals surface area contributed by atoms with Crippen molar-refractivity contribution in [1.29, 1.82) is 0 Å². The largest absolute Gasteiger partial charge is 0.356 e. The van der Waals surface area contributed by atoms with Crippen LogP contribution in [0.25, 0.3) is 0 Å². The Labute approximate surface area is 202 Å². The zero-order valence-corrected chi connectivity index (χ0v) is 20.7. The second kappa shape index (κ2) is 9.87. The molecule has 4 heterocycles. The van der Waals surface area contributed by atoms with Crippen molar-refractivity contribution < 1.29 is 9.59 Å². The summed E-state index contributed by atoms with van der Waals surface area (Å²) in [4.78, 5) is 26.8. The van der Waals surface area contributed by atoms with Crippen LogP contribution < -0.4 is 16.0 Å². The molecule has 2 bridgehead atoms. The SMILES string of the molecule is Cc1ccc([C@H]2C[C@H]3CCC(C2CNC(=O)CCCCC2SCC4NC(=O)NC42)N3C)cc1. The molecule has 0 spiro atoms. The van der Waals surface area contributed by atoms with Crippen LogP contribution in [0.2, 0.25) is 0 Å². The summed E-state index contributed by atoms with van der Waals surface area (Å²) in [6, 6.07) is 10.8. The number of fused-ring (bicyclic) bond motifs is 3. The summed E-state index contributed by atoms with van der Waals surface area (Å²) in [5.74, 6) is 2.19. The third-order valence-corrected chi connectivity index (χ3v) is 10.1. The summed E-state index contributed by atoms with van der Waals surface area (Å²) in [6.07, 6.45) is 7.34. The van der Waals surface area contributed by atoms with Crippen molar-refractivity contribution in [2.45, 2.75) is 87.2 Å². The summed E-state index contributed by atoms with van der Waals surface area (Å²) < 4.78 is 0. The molecule has 4 saturated heterocycles. The number of piperidine rings is 1. The van der Waals surface area contributed by atoms with Crippen molar-refractivity contribution in [3.63, 3.8) is 0 Å². The fourth-order valence-corrected chi connectivity index (χ4v) is 8.19. The predicted molar refractivity (Wildman–Crippen MR) is 134 cm³/mol. The van der Waals surface area contributed by atoms with Gasteiger partial charge >= 0.3 is 6.03 Å². The summed E-state index contributed by atoms with van der Waals surface area (Å²) in [5, 5.41) is 9.82. The molecule has 4 aliphatic rings. The van der Waals surface area contributed by atoms with E-state index in [2.05, 4.69) is 59.1 Å². The van der Waals surface area contributed by atoms with Crippen LogP contribution >= 0.6 is 11.8 Å². The van der Waals surface area contributed by atoms with E-state index < -0.39 is 0 Å². The minimum Gasteiger partial charge on any atom is -0.356 e. The predicted octanol–water partition coefficient (Wildman–Crippen LogP) is 3.40. The van der Waals surface area contributed by atoms with Gasteiger partial charge < -0.3 is 20.9 Å². The number of thioether (sulfide) groups is 1. The average Bonchev–Trinajstić information content (AvgIpc) is 3.41. The molecule has 1 aromatic rings. The number of rotatable bonds is 8. The zero-order chi connectivity index (χ0) is 22.9. The molecule has 33 heavy (non-hydrogen) atoms. The van der Waals surface area contributed by atoms with Crippen LogP contribution in [0.4, 0.5) is 4.79 Å². The molecule has 5 unspecified atom stereocenters. The van der Waals surface area contributed by atoms with Gasteiger partial charge in [0.25, 0.3) is 0 Å². The van der Waals surface area contributed by atoms with Gasteiger partial charge in [0.1, 0.15) is 0 Å². The Morgan fingerprint density at radius 3 is 2.82 bits per heavy atom. The maximum Gasteiger partial charge on any atom is 0.315 e. The molecule has 0 saturated carbocycles. The summed E-state index contributed by atoms with van der Waals surface area (Å²) >= 11 is 1.95. The van der Waals surface area contributed by atoms with Crippen LogP contribution in [0.5, 0.6) is 0 Å². The lowest BCUT2D eigenvalue weighted by atomic mass is 9.76. The molecule has 1 aromatic carbocycles. The van der Waals surface area contributed by atoms with E-state index in [0.29, 0.717) is 35.6 Å². The second-order valence-electron chi connectivity index (χ2n) is 10.6. The molecular weight excluding hydrogens is 432 g/mol. The molecule has 4 aliphatic heterocycles. The first-order chi connectivity index (χ1) is 16.0. The van der Waals surface area contributed by atoms with Gasteiger partial charge in [-0.2, -0.15) is 11.8 Å². The number of carbonyl (C=O) groups excluding carboxylic acids is 2. The normalized spacial score (nSPS) is 35.2. The third-order valence-electron chi connectivity index (χ3n) is 8.55. The fourth-order valence-electron chi connectivity index (χ4n) is 6.65. The van der Waals surface area contributed by atoms with Gasteiger partial charge in [0.15, 0.2) is 0 Å². The molecule has 5 rings (SSSR count). The lowest BCUT2D eigenvalue weighted by Gasteiger charge is -2.43. The number of aryl methyl sites for hydroxylation is 1. The maximum absolute atomic E-state index is 12.7. The van der Waals surface area contributed by atoms with Crippen LogP contribution in [0.3, 0.4) is 0 Å². The van der Waals surface area contributed by atoms with Gasteiger partial charge in [-0.05, 0) is 63.5 Å². The summed E-state index contributed by atoms with van der Waals surface area (Å²) in [6.45, 7) is 2.92. The lowest BCUT2D eigenvalue weighted by Crippen LogP contribution is -2.49. The zero-order valence-electron chi connectivity index (χ0n) is 19.9. The van der Waals surface area contributed by atoms with Crippen molar-refractivity contribution in [3.05, 3.63) is 35.4 Å². The molecule has 0 aliphatic carbocycles. The van der Waals surface area contributed by atoms with Crippen molar-refractivity contribution in [3.8, 4) is 0 Å². The Balaban J connectivity index is 1.10. The van der Waals surface area contributed by atoms with E-state index >= 15 is 0 Å². The van der Waals surface area contributed by atoms with Gasteiger partial charge in [0.05, 0.1) is 12.1 Å². The van der Waals surface area contributed by atoms with Gasteiger partial charge in [-0.3, -0.25) is 4.79 Å². The second-order valence-corrected chi connectivity index (χ2v) is 11.8. The highest BCUT2D eigenvalue weighted by atomic mass is 32.2. The van der Waals surface area contributed by atoms with Gasteiger partial charge in [-0.25, -0.2) is 4.79 Å². The number of nitrogens with one attached hydrogen (secondary N) is 3. The maximum atomic E-state index is 12.7. The smallest absolute Gasteiger partial charge is 0.315 e. The molecule has 6 nitrogen and oxygen atoms in total. The van der Waals surface area contributed by atoms with E-state index in [4.69, 9.17) is 0 Å². The van der Waals surface area contributed by atoms with Crippen molar-refractivity contribution in [2.75, 3.05) is 19.3 Å². The van der Waals surface area contributed by atoms with Gasteiger partial charge in [0, 0.05) is 36.1 Å². The highest BCUT2D eigenvalue weighted by Crippen LogP contribution is 2.46. The molecule has 0 radical (unpaired) electrons. The van der Waals surface area contributed by atoms with Crippen molar-refractivity contribution in [1.82, 2.24) is 20.9 Å². The number of urea groups is 1. The number of hydrogen-bond donors (Lipinski definition) is 3. The first-order valence-electron chi connectivity index (χ1n) is 12.7. The minimum atomic E-state index is -0.0273. The first kappa shape index (κ1) is 23.0. The molecule has 3 N–H and O–H groups in total. The number of benzene rings is 1. The van der Waals surface area contributed by atoms with Crippen molar-refractivity contribution >= 4 is 23.7 Å². The fraction of sp³-hybridized carbons (Fsp3) is 0.692. The van der Waals surface area contributed by atoms with Crippen LogP contribution in [0, 0.1) is 12.8 Å². The van der Waals surface area contributed by atoms with Crippen LogP contribution in [-0.4, -0.2) is 65.6 Å². The molecule has 4 fully saturated rings. The molecule has 7 atom stereocenters. The first-order valence-corrected chi connectivity index (χ1v) is 13.8. The number of nitrogens with zero attached hydrogens (tertiary/aromatic N) is 1. The average molecular weight is 471 g/mol. The van der Waals surface area contributed by atoms with Crippen LogP contribution in [0.15, 0.2) is 24.3 Å². The molecule has 3 amide bonds. The molecule has 0 aromatic heterocycles. The quantitative estimate of drug-likeness (QED) is 0.402. The van der Waals surface area contributed by atoms with E-state index in [-0.39, 0.29) is 24.0 Å². The molecule has 180 valence electrons. The topological polar surface area (TPSA) is 73.5 Å². The van der Waals surface area contributed by atoms with Gasteiger partial charge in [-0.15, -0.1) is 0 Å². The van der Waals surface area contributed by atoms with Gasteiger partial charge in [0.2, 0.25) is 5.91 Å². The Kier molecular flexibility index (Phi) is 6.89. The summed E-state index contributed by atoms with van der Waals surface area (Å²) in [5.41, 5.74) is 2.74. The number of carbonyl (C=O) groups is 2. The minimum absolute atomic E-state index is 0.0273. The Bertz CT molecular complexity index is 862. The Morgan fingerprint density at radius 1 is 1.18 bits per heavy atom. The number of unbranched alkanes of at least 4 members (excludes halogenated alkanes) is 1. The van der Waals surface area contributed by atoms with E-state index in [9.17, 15) is 9.59 Å².